The first-order valence-electron chi connectivity index (χ1n) is 6.55. The lowest BCUT2D eigenvalue weighted by Crippen LogP contribution is -2.30. The average Bonchev–Trinajstić information content (AvgIpc) is 2.43. The molecule has 0 amide bonds. The van der Waals surface area contributed by atoms with Gasteiger partial charge in [-0.2, -0.15) is 4.39 Å². The molecule has 1 aliphatic heterocycles. The molecule has 1 atom stereocenters. The van der Waals surface area contributed by atoms with Gasteiger partial charge in [0.05, 0.1) is 17.6 Å². The summed E-state index contributed by atoms with van der Waals surface area (Å²) in [5, 5.41) is 13.7. The number of piperidine rings is 1. The molecule has 1 aromatic rings. The Balaban J connectivity index is 1.92. The summed E-state index contributed by atoms with van der Waals surface area (Å²) in [6.45, 7) is 2.18. The van der Waals surface area contributed by atoms with Crippen LogP contribution in [0, 0.1) is 27.7 Å². The fourth-order valence-electron chi connectivity index (χ4n) is 2.27. The molecule has 5 nitrogen and oxygen atoms in total. The van der Waals surface area contributed by atoms with Crippen molar-refractivity contribution in [2.24, 2.45) is 5.92 Å². The molecule has 1 fully saturated rings. The molecule has 0 spiro atoms. The molecule has 1 heterocycles. The zero-order valence-electron chi connectivity index (χ0n) is 10.9. The quantitative estimate of drug-likeness (QED) is 0.667. The Morgan fingerprint density at radius 1 is 1.40 bits per heavy atom. The minimum atomic E-state index is -1.09. The van der Waals surface area contributed by atoms with Gasteiger partial charge < -0.3 is 10.1 Å². The van der Waals surface area contributed by atoms with E-state index in [0.717, 1.165) is 38.4 Å². The number of nitrogens with one attached hydrogen (secondary N) is 1. The maximum atomic E-state index is 13.5. The van der Waals surface area contributed by atoms with Crippen molar-refractivity contribution in [1.82, 2.24) is 5.32 Å². The topological polar surface area (TPSA) is 64.4 Å². The van der Waals surface area contributed by atoms with Gasteiger partial charge in [0, 0.05) is 6.07 Å². The molecule has 1 aliphatic rings. The van der Waals surface area contributed by atoms with Gasteiger partial charge in [0.2, 0.25) is 5.82 Å². The minimum Gasteiger partial charge on any atom is -0.490 e. The predicted octanol–water partition coefficient (Wildman–Crippen LogP) is 2.64. The number of nitro groups is 1. The predicted molar refractivity (Wildman–Crippen MR) is 68.7 cm³/mol. The van der Waals surface area contributed by atoms with Crippen molar-refractivity contribution < 1.29 is 18.4 Å². The van der Waals surface area contributed by atoms with E-state index in [0.29, 0.717) is 12.0 Å². The number of rotatable bonds is 5. The number of hydrogen-bond acceptors (Lipinski definition) is 4. The van der Waals surface area contributed by atoms with Crippen molar-refractivity contribution in [2.45, 2.75) is 19.3 Å². The molecule has 1 saturated heterocycles. The first-order valence-corrected chi connectivity index (χ1v) is 6.55. The Morgan fingerprint density at radius 3 is 2.85 bits per heavy atom. The normalized spacial score (nSPS) is 18.8. The van der Waals surface area contributed by atoms with E-state index in [1.807, 2.05) is 0 Å². The molecule has 0 saturated carbocycles. The molecule has 0 aromatic heterocycles. The third kappa shape index (κ3) is 3.63. The van der Waals surface area contributed by atoms with Crippen molar-refractivity contribution in [2.75, 3.05) is 19.7 Å². The number of hydrogen-bond donors (Lipinski definition) is 1. The van der Waals surface area contributed by atoms with Crippen molar-refractivity contribution in [3.63, 3.8) is 0 Å². The zero-order chi connectivity index (χ0) is 14.5. The first kappa shape index (κ1) is 14.6. The van der Waals surface area contributed by atoms with Gasteiger partial charge in [-0.15, -0.1) is 0 Å². The van der Waals surface area contributed by atoms with Crippen molar-refractivity contribution in [3.8, 4) is 5.75 Å². The number of halogens is 2. The largest absolute Gasteiger partial charge is 0.490 e. The van der Waals surface area contributed by atoms with Crippen LogP contribution in [0.3, 0.4) is 0 Å². The van der Waals surface area contributed by atoms with Crippen molar-refractivity contribution >= 4 is 5.69 Å². The second-order valence-corrected chi connectivity index (χ2v) is 4.84. The summed E-state index contributed by atoms with van der Waals surface area (Å²) in [6.07, 6.45) is 2.93. The Morgan fingerprint density at radius 2 is 2.20 bits per heavy atom. The van der Waals surface area contributed by atoms with E-state index in [9.17, 15) is 18.9 Å². The summed E-state index contributed by atoms with van der Waals surface area (Å²) in [5.74, 6) is -1.82. The van der Waals surface area contributed by atoms with E-state index in [1.54, 1.807) is 0 Å². The molecular weight excluding hydrogens is 270 g/mol. The van der Waals surface area contributed by atoms with E-state index < -0.39 is 22.2 Å². The van der Waals surface area contributed by atoms with Crippen LogP contribution < -0.4 is 10.1 Å². The number of ether oxygens (including phenoxy) is 1. The molecular formula is C13H16F2N2O3. The molecule has 0 aliphatic carbocycles. The highest BCUT2D eigenvalue weighted by atomic mass is 19.1. The lowest BCUT2D eigenvalue weighted by Gasteiger charge is -2.22. The summed E-state index contributed by atoms with van der Waals surface area (Å²) >= 11 is 0. The number of nitro benzene ring substituents is 1. The molecule has 2 rings (SSSR count). The van der Waals surface area contributed by atoms with Crippen LogP contribution >= 0.6 is 0 Å². The van der Waals surface area contributed by atoms with Crippen LogP contribution in [0.5, 0.6) is 5.75 Å². The van der Waals surface area contributed by atoms with Crippen LogP contribution in [-0.2, 0) is 0 Å². The highest BCUT2D eigenvalue weighted by Crippen LogP contribution is 2.26. The highest BCUT2D eigenvalue weighted by molar-refractivity contribution is 5.39. The van der Waals surface area contributed by atoms with Crippen LogP contribution in [0.2, 0.25) is 0 Å². The number of benzene rings is 1. The van der Waals surface area contributed by atoms with Crippen LogP contribution in [0.4, 0.5) is 14.5 Å². The van der Waals surface area contributed by atoms with Gasteiger partial charge in [-0.1, -0.05) is 0 Å². The first-order chi connectivity index (χ1) is 9.58. The molecule has 110 valence electrons. The minimum absolute atomic E-state index is 0.264. The van der Waals surface area contributed by atoms with E-state index in [-0.39, 0.29) is 12.4 Å². The fraction of sp³-hybridized carbons (Fsp3) is 0.538. The van der Waals surface area contributed by atoms with E-state index in [4.69, 9.17) is 4.74 Å². The van der Waals surface area contributed by atoms with Crippen molar-refractivity contribution in [1.29, 1.82) is 0 Å². The summed E-state index contributed by atoms with van der Waals surface area (Å²) < 4.78 is 32.1. The van der Waals surface area contributed by atoms with Gasteiger partial charge in [-0.05, 0) is 38.3 Å². The third-order valence-electron chi connectivity index (χ3n) is 3.38. The Labute approximate surface area is 115 Å². The summed E-state index contributed by atoms with van der Waals surface area (Å²) in [5.41, 5.74) is -0.883. The Bertz CT molecular complexity index is 491. The molecule has 1 aromatic carbocycles. The van der Waals surface area contributed by atoms with Crippen LogP contribution in [0.1, 0.15) is 19.3 Å². The van der Waals surface area contributed by atoms with E-state index in [2.05, 4.69) is 5.32 Å². The van der Waals surface area contributed by atoms with Gasteiger partial charge in [0.1, 0.15) is 0 Å². The monoisotopic (exact) mass is 286 g/mol. The van der Waals surface area contributed by atoms with E-state index >= 15 is 0 Å². The molecule has 0 bridgehead atoms. The van der Waals surface area contributed by atoms with Gasteiger partial charge >= 0.3 is 5.69 Å². The summed E-state index contributed by atoms with van der Waals surface area (Å²) in [4.78, 5) is 9.49. The van der Waals surface area contributed by atoms with Gasteiger partial charge in [-0.3, -0.25) is 10.1 Å². The number of nitrogens with zero attached hydrogens (tertiary/aromatic N) is 1. The second kappa shape index (κ2) is 6.60. The summed E-state index contributed by atoms with van der Waals surface area (Å²) in [6, 6.07) is 1.28. The highest BCUT2D eigenvalue weighted by Gasteiger charge is 2.20. The standard InChI is InChI=1S/C13H16F2N2O3/c14-10-7-13(11(15)6-12(10)17(18)19)20-5-3-9-2-1-4-16-8-9/h6-7,9,16H,1-5,8H2. The Kier molecular flexibility index (Phi) is 4.84. The maximum absolute atomic E-state index is 13.5. The van der Waals surface area contributed by atoms with E-state index in [1.165, 1.54) is 0 Å². The lowest BCUT2D eigenvalue weighted by molar-refractivity contribution is -0.387. The SMILES string of the molecule is O=[N+]([O-])c1cc(F)c(OCCC2CCCNC2)cc1F. The lowest BCUT2D eigenvalue weighted by atomic mass is 9.97. The average molecular weight is 286 g/mol. The maximum Gasteiger partial charge on any atom is 0.307 e. The van der Waals surface area contributed by atoms with Gasteiger partial charge in [0.15, 0.2) is 11.6 Å². The molecule has 20 heavy (non-hydrogen) atoms. The molecule has 0 radical (unpaired) electrons. The molecule has 1 unspecified atom stereocenters. The van der Waals surface area contributed by atoms with Gasteiger partial charge in [0.25, 0.3) is 0 Å². The smallest absolute Gasteiger partial charge is 0.307 e. The summed E-state index contributed by atoms with van der Waals surface area (Å²) in [7, 11) is 0. The Hall–Kier alpha value is -1.76. The van der Waals surface area contributed by atoms with Crippen LogP contribution in [0.25, 0.3) is 0 Å². The zero-order valence-corrected chi connectivity index (χ0v) is 10.9. The third-order valence-corrected chi connectivity index (χ3v) is 3.38. The van der Waals surface area contributed by atoms with Crippen LogP contribution in [-0.4, -0.2) is 24.6 Å². The van der Waals surface area contributed by atoms with Crippen LogP contribution in [0.15, 0.2) is 12.1 Å². The molecule has 7 heteroatoms. The molecule has 1 N–H and O–H groups in total. The van der Waals surface area contributed by atoms with Gasteiger partial charge in [-0.25, -0.2) is 4.39 Å². The second-order valence-electron chi connectivity index (χ2n) is 4.84. The fourth-order valence-corrected chi connectivity index (χ4v) is 2.27. The van der Waals surface area contributed by atoms with Crippen molar-refractivity contribution in [3.05, 3.63) is 33.9 Å².